The van der Waals surface area contributed by atoms with Gasteiger partial charge in [0.25, 0.3) is 0 Å². The average molecular weight is 271 g/mol. The Balaban J connectivity index is 2.68. The van der Waals surface area contributed by atoms with E-state index in [0.717, 1.165) is 18.5 Å². The lowest BCUT2D eigenvalue weighted by atomic mass is 10.1. The number of alkyl halides is 3. The lowest BCUT2D eigenvalue weighted by Crippen LogP contribution is -2.08. The van der Waals surface area contributed by atoms with Gasteiger partial charge in [-0.25, -0.2) is 4.98 Å². The second-order valence-corrected chi connectivity index (χ2v) is 4.06. The first kappa shape index (κ1) is 12.7. The third kappa shape index (κ3) is 2.56. The first-order valence-corrected chi connectivity index (χ1v) is 5.38. The number of nitrogens with one attached hydrogen (secondary N) is 1. The molecule has 0 atom stereocenters. The second-order valence-electron chi connectivity index (χ2n) is 3.67. The van der Waals surface area contributed by atoms with Gasteiger partial charge in [-0.2, -0.15) is 13.2 Å². The third-order valence-corrected chi connectivity index (χ3v) is 2.48. The summed E-state index contributed by atoms with van der Waals surface area (Å²) in [6.07, 6.45) is -2.21. The van der Waals surface area contributed by atoms with Crippen molar-refractivity contribution in [2.75, 3.05) is 0 Å². The Labute approximate surface area is 106 Å². The number of aryl methyl sites for hydroxylation is 1. The molecule has 7 heteroatoms. The minimum atomic E-state index is -4.45. The van der Waals surface area contributed by atoms with E-state index in [1.807, 2.05) is 0 Å². The van der Waals surface area contributed by atoms with E-state index in [-0.39, 0.29) is 16.0 Å². The summed E-state index contributed by atoms with van der Waals surface area (Å²) in [6.45, 7) is 1.70. The van der Waals surface area contributed by atoms with Crippen molar-refractivity contribution in [3.63, 3.8) is 0 Å². The summed E-state index contributed by atoms with van der Waals surface area (Å²) in [7, 11) is 0. The summed E-state index contributed by atoms with van der Waals surface area (Å²) in [5, 5.41) is 0. The van der Waals surface area contributed by atoms with E-state index in [1.165, 1.54) is 6.07 Å². The van der Waals surface area contributed by atoms with Gasteiger partial charge in [0.05, 0.1) is 11.3 Å². The molecule has 0 radical (unpaired) electrons. The Morgan fingerprint density at radius 3 is 2.67 bits per heavy atom. The van der Waals surface area contributed by atoms with Gasteiger partial charge in [0.15, 0.2) is 4.77 Å². The fraction of sp³-hybridized carbons (Fsp3) is 0.182. The highest BCUT2D eigenvalue weighted by Gasteiger charge is 2.34. The summed E-state index contributed by atoms with van der Waals surface area (Å²) in [5.41, 5.74) is -0.0446. The van der Waals surface area contributed by atoms with E-state index in [0.29, 0.717) is 5.69 Å². The predicted octanol–water partition coefficient (Wildman–Crippen LogP) is 3.53. The van der Waals surface area contributed by atoms with E-state index in [2.05, 4.69) is 15.0 Å². The molecule has 2 aromatic rings. The molecule has 0 aromatic carbocycles. The number of hydrogen-bond acceptors (Lipinski definition) is 3. The third-order valence-electron chi connectivity index (χ3n) is 2.28. The van der Waals surface area contributed by atoms with Crippen molar-refractivity contribution in [2.45, 2.75) is 13.1 Å². The second kappa shape index (κ2) is 4.49. The molecule has 0 aliphatic heterocycles. The molecule has 2 rings (SSSR count). The van der Waals surface area contributed by atoms with Crippen LogP contribution in [0.2, 0.25) is 0 Å². The van der Waals surface area contributed by atoms with E-state index in [9.17, 15) is 13.2 Å². The first-order chi connectivity index (χ1) is 8.38. The minimum absolute atomic E-state index is 0.0757. The number of rotatable bonds is 1. The summed E-state index contributed by atoms with van der Waals surface area (Å²) in [4.78, 5) is 10.3. The number of aromatic nitrogens is 3. The molecule has 0 spiro atoms. The van der Waals surface area contributed by atoms with Crippen molar-refractivity contribution in [2.24, 2.45) is 0 Å². The molecule has 2 aromatic heterocycles. The van der Waals surface area contributed by atoms with Gasteiger partial charge < -0.3 is 4.98 Å². The van der Waals surface area contributed by atoms with Crippen LogP contribution in [-0.4, -0.2) is 15.0 Å². The Morgan fingerprint density at radius 2 is 2.06 bits per heavy atom. The maximum Gasteiger partial charge on any atom is 0.417 e. The molecule has 0 unspecified atom stereocenters. The number of nitrogens with zero attached hydrogens (tertiary/aromatic N) is 2. The topological polar surface area (TPSA) is 41.6 Å². The Morgan fingerprint density at radius 1 is 1.33 bits per heavy atom. The van der Waals surface area contributed by atoms with Crippen molar-refractivity contribution < 1.29 is 13.2 Å². The van der Waals surface area contributed by atoms with Gasteiger partial charge >= 0.3 is 6.18 Å². The van der Waals surface area contributed by atoms with Crippen molar-refractivity contribution in [3.05, 3.63) is 40.6 Å². The molecule has 0 aliphatic carbocycles. The average Bonchev–Trinajstić information content (AvgIpc) is 2.26. The van der Waals surface area contributed by atoms with Crippen molar-refractivity contribution in [1.29, 1.82) is 0 Å². The van der Waals surface area contributed by atoms with Crippen LogP contribution in [-0.2, 0) is 6.18 Å². The van der Waals surface area contributed by atoms with Crippen LogP contribution >= 0.6 is 12.2 Å². The smallest absolute Gasteiger partial charge is 0.335 e. The monoisotopic (exact) mass is 271 g/mol. The SMILES string of the molecule is Cc1cc(-c2cnccc2C(F)(F)F)nc(=S)[nH]1. The van der Waals surface area contributed by atoms with Crippen LogP contribution in [0.1, 0.15) is 11.3 Å². The van der Waals surface area contributed by atoms with Crippen LogP contribution < -0.4 is 0 Å². The van der Waals surface area contributed by atoms with Gasteiger partial charge in [0, 0.05) is 23.7 Å². The summed E-state index contributed by atoms with van der Waals surface area (Å²) in [6, 6.07) is 2.42. The highest BCUT2D eigenvalue weighted by molar-refractivity contribution is 7.71. The van der Waals surface area contributed by atoms with Crippen molar-refractivity contribution >= 4 is 12.2 Å². The molecule has 18 heavy (non-hydrogen) atoms. The molecule has 2 heterocycles. The number of H-pyrrole nitrogens is 1. The molecular weight excluding hydrogens is 263 g/mol. The molecule has 0 amide bonds. The lowest BCUT2D eigenvalue weighted by molar-refractivity contribution is -0.137. The first-order valence-electron chi connectivity index (χ1n) is 4.97. The minimum Gasteiger partial charge on any atom is -0.335 e. The van der Waals surface area contributed by atoms with Crippen molar-refractivity contribution in [1.82, 2.24) is 15.0 Å². The quantitative estimate of drug-likeness (QED) is 0.807. The summed E-state index contributed by atoms with van der Waals surface area (Å²) < 4.78 is 38.7. The van der Waals surface area contributed by atoms with Crippen LogP contribution in [0.5, 0.6) is 0 Å². The zero-order valence-corrected chi connectivity index (χ0v) is 10.1. The van der Waals surface area contributed by atoms with Crippen LogP contribution in [0.15, 0.2) is 24.5 Å². The molecule has 0 saturated heterocycles. The normalized spacial score (nSPS) is 11.6. The van der Waals surface area contributed by atoms with Crippen LogP contribution in [0.25, 0.3) is 11.3 Å². The van der Waals surface area contributed by atoms with E-state index >= 15 is 0 Å². The Hall–Kier alpha value is -1.76. The van der Waals surface area contributed by atoms with Gasteiger partial charge in [-0.15, -0.1) is 0 Å². The van der Waals surface area contributed by atoms with Gasteiger partial charge in [-0.3, -0.25) is 4.98 Å². The molecule has 0 bridgehead atoms. The standard InChI is InChI=1S/C11H8F3N3S/c1-6-4-9(17-10(18)16-6)7-5-15-3-2-8(7)11(12,13)14/h2-5H,1H3,(H,16,17,18). The van der Waals surface area contributed by atoms with Crippen LogP contribution in [0.4, 0.5) is 13.2 Å². The van der Waals surface area contributed by atoms with Gasteiger partial charge in [-0.1, -0.05) is 0 Å². The number of hydrogen-bond donors (Lipinski definition) is 1. The molecule has 1 N–H and O–H groups in total. The lowest BCUT2D eigenvalue weighted by Gasteiger charge is -2.11. The van der Waals surface area contributed by atoms with E-state index < -0.39 is 11.7 Å². The zero-order valence-electron chi connectivity index (χ0n) is 9.25. The highest BCUT2D eigenvalue weighted by Crippen LogP contribution is 2.35. The molecule has 0 saturated carbocycles. The number of aromatic amines is 1. The highest BCUT2D eigenvalue weighted by atomic mass is 32.1. The molecule has 0 fully saturated rings. The summed E-state index contributed by atoms with van der Waals surface area (Å²) >= 11 is 4.86. The van der Waals surface area contributed by atoms with Gasteiger partial charge in [0.1, 0.15) is 0 Å². The maximum absolute atomic E-state index is 12.8. The maximum atomic E-state index is 12.8. The Bertz CT molecular complexity index is 634. The van der Waals surface area contributed by atoms with E-state index in [1.54, 1.807) is 6.92 Å². The fourth-order valence-corrected chi connectivity index (χ4v) is 1.82. The Kier molecular flexibility index (Phi) is 3.16. The van der Waals surface area contributed by atoms with Crippen molar-refractivity contribution in [3.8, 4) is 11.3 Å². The van der Waals surface area contributed by atoms with E-state index in [4.69, 9.17) is 12.2 Å². The predicted molar refractivity (Wildman–Crippen MR) is 62.4 cm³/mol. The molecule has 94 valence electrons. The fourth-order valence-electron chi connectivity index (χ4n) is 1.56. The zero-order chi connectivity index (χ0) is 13.3. The number of halogens is 3. The van der Waals surface area contributed by atoms with Gasteiger partial charge in [0.2, 0.25) is 0 Å². The largest absolute Gasteiger partial charge is 0.417 e. The van der Waals surface area contributed by atoms with Gasteiger partial charge in [-0.05, 0) is 31.3 Å². The molecular formula is C11H8F3N3S. The molecule has 3 nitrogen and oxygen atoms in total. The van der Waals surface area contributed by atoms with Crippen LogP contribution in [0, 0.1) is 11.7 Å². The summed E-state index contributed by atoms with van der Waals surface area (Å²) in [5.74, 6) is 0. The molecule has 0 aliphatic rings. The number of pyridine rings is 1. The van der Waals surface area contributed by atoms with Crippen LogP contribution in [0.3, 0.4) is 0 Å².